The van der Waals surface area contributed by atoms with Crippen molar-refractivity contribution in [3.8, 4) is 0 Å². The Bertz CT molecular complexity index is 1430. The van der Waals surface area contributed by atoms with E-state index in [1.54, 1.807) is 25.1 Å². The molecule has 0 aromatic heterocycles. The molecule has 0 radical (unpaired) electrons. The highest BCUT2D eigenvalue weighted by Gasteiger charge is 2.33. The van der Waals surface area contributed by atoms with E-state index in [0.29, 0.717) is 6.42 Å². The SMILES string of the molecule is CCC(C)NC(=O)C(C)N(Cc1ccc(C)cc1)C(=O)CN(c1ccc([N+](=O)[O-])cc1)S(=O)(=O)c1ccccc1. The molecule has 3 rings (SSSR count). The lowest BCUT2D eigenvalue weighted by Gasteiger charge is -2.32. The van der Waals surface area contributed by atoms with Gasteiger partial charge in [0.15, 0.2) is 0 Å². The van der Waals surface area contributed by atoms with E-state index in [2.05, 4.69) is 5.32 Å². The topological polar surface area (TPSA) is 130 Å². The molecular weight excluding hydrogens is 532 g/mol. The van der Waals surface area contributed by atoms with Crippen LogP contribution in [0.1, 0.15) is 38.3 Å². The second-order valence-corrected chi connectivity index (χ2v) is 11.5. The van der Waals surface area contributed by atoms with Gasteiger partial charge in [-0.2, -0.15) is 0 Å². The zero-order chi connectivity index (χ0) is 29.4. The second-order valence-electron chi connectivity index (χ2n) is 9.60. The molecule has 40 heavy (non-hydrogen) atoms. The van der Waals surface area contributed by atoms with Crippen molar-refractivity contribution >= 4 is 33.2 Å². The number of sulfonamides is 1. The van der Waals surface area contributed by atoms with Crippen LogP contribution in [-0.2, 0) is 26.2 Å². The van der Waals surface area contributed by atoms with Crippen molar-refractivity contribution in [3.05, 3.63) is 100 Å². The highest BCUT2D eigenvalue weighted by Crippen LogP contribution is 2.26. The number of anilines is 1. The fraction of sp³-hybridized carbons (Fsp3) is 0.310. The first-order valence-electron chi connectivity index (χ1n) is 12.9. The number of carbonyl (C=O) groups excluding carboxylic acids is 2. The number of benzene rings is 3. The molecule has 0 fully saturated rings. The van der Waals surface area contributed by atoms with Crippen molar-refractivity contribution in [3.63, 3.8) is 0 Å². The van der Waals surface area contributed by atoms with Crippen LogP contribution in [0.4, 0.5) is 11.4 Å². The summed E-state index contributed by atoms with van der Waals surface area (Å²) in [5.41, 5.74) is 1.66. The Kier molecular flexibility index (Phi) is 10.0. The molecule has 3 aromatic rings. The van der Waals surface area contributed by atoms with E-state index < -0.39 is 33.4 Å². The lowest BCUT2D eigenvalue weighted by Crippen LogP contribution is -2.52. The van der Waals surface area contributed by atoms with Gasteiger partial charge >= 0.3 is 0 Å². The summed E-state index contributed by atoms with van der Waals surface area (Å²) >= 11 is 0. The predicted molar refractivity (Wildman–Crippen MR) is 153 cm³/mol. The first kappa shape index (κ1) is 30.3. The third kappa shape index (κ3) is 7.44. The van der Waals surface area contributed by atoms with Gasteiger partial charge in [-0.3, -0.25) is 24.0 Å². The van der Waals surface area contributed by atoms with Crippen LogP contribution in [-0.4, -0.2) is 48.7 Å². The molecule has 10 nitrogen and oxygen atoms in total. The van der Waals surface area contributed by atoms with Gasteiger partial charge in [-0.05, 0) is 57.0 Å². The van der Waals surface area contributed by atoms with Gasteiger partial charge in [0.2, 0.25) is 11.8 Å². The van der Waals surface area contributed by atoms with E-state index in [9.17, 15) is 28.1 Å². The lowest BCUT2D eigenvalue weighted by atomic mass is 10.1. The third-order valence-electron chi connectivity index (χ3n) is 6.60. The minimum Gasteiger partial charge on any atom is -0.352 e. The molecule has 0 heterocycles. The Hall–Kier alpha value is -4.25. The van der Waals surface area contributed by atoms with Crippen molar-refractivity contribution in [2.24, 2.45) is 0 Å². The lowest BCUT2D eigenvalue weighted by molar-refractivity contribution is -0.384. The number of hydrogen-bond acceptors (Lipinski definition) is 6. The molecule has 2 amide bonds. The van der Waals surface area contributed by atoms with Crippen LogP contribution in [0.3, 0.4) is 0 Å². The minimum atomic E-state index is -4.25. The predicted octanol–water partition coefficient (Wildman–Crippen LogP) is 4.43. The Balaban J connectivity index is 2.02. The molecule has 11 heteroatoms. The first-order valence-corrected chi connectivity index (χ1v) is 14.4. The standard InChI is InChI=1S/C29H34N4O6S/c1-5-22(3)30-29(35)23(4)31(19-24-13-11-21(2)12-14-24)28(34)20-32(25-15-17-26(18-16-25)33(36)37)40(38,39)27-9-7-6-8-10-27/h6-18,22-23H,5,19-20H2,1-4H3,(H,30,35). The van der Waals surface area contributed by atoms with Gasteiger partial charge in [-0.25, -0.2) is 8.42 Å². The van der Waals surface area contributed by atoms with Gasteiger partial charge in [-0.15, -0.1) is 0 Å². The minimum absolute atomic E-state index is 0.0474. The molecule has 2 unspecified atom stereocenters. The maximum absolute atomic E-state index is 13.9. The van der Waals surface area contributed by atoms with Crippen LogP contribution >= 0.6 is 0 Å². The number of rotatable bonds is 12. The molecule has 3 aromatic carbocycles. The number of non-ortho nitro benzene ring substituents is 1. The summed E-state index contributed by atoms with van der Waals surface area (Å²) < 4.78 is 28.4. The molecule has 0 spiro atoms. The van der Waals surface area contributed by atoms with Crippen molar-refractivity contribution in [1.29, 1.82) is 0 Å². The van der Waals surface area contributed by atoms with Crippen LogP contribution in [0.5, 0.6) is 0 Å². The summed E-state index contributed by atoms with van der Waals surface area (Å²) in [5, 5.41) is 14.1. The molecule has 1 N–H and O–H groups in total. The van der Waals surface area contributed by atoms with Crippen molar-refractivity contribution in [2.45, 2.75) is 57.6 Å². The fourth-order valence-corrected chi connectivity index (χ4v) is 5.36. The third-order valence-corrected chi connectivity index (χ3v) is 8.39. The van der Waals surface area contributed by atoms with Gasteiger partial charge in [0.1, 0.15) is 12.6 Å². The normalized spacial score (nSPS) is 12.7. The van der Waals surface area contributed by atoms with Crippen molar-refractivity contribution in [2.75, 3.05) is 10.8 Å². The number of carbonyl (C=O) groups is 2. The summed E-state index contributed by atoms with van der Waals surface area (Å²) in [4.78, 5) is 38.8. The summed E-state index contributed by atoms with van der Waals surface area (Å²) in [6, 6.07) is 19.0. The highest BCUT2D eigenvalue weighted by atomic mass is 32.2. The quantitative estimate of drug-likeness (QED) is 0.255. The Morgan fingerprint density at radius 2 is 1.55 bits per heavy atom. The zero-order valence-corrected chi connectivity index (χ0v) is 23.8. The summed E-state index contributed by atoms with van der Waals surface area (Å²) in [6.45, 7) is 6.79. The number of amides is 2. The van der Waals surface area contributed by atoms with E-state index in [-0.39, 0.29) is 34.8 Å². The Labute approximate surface area is 234 Å². The Morgan fingerprint density at radius 1 is 0.950 bits per heavy atom. The van der Waals surface area contributed by atoms with Crippen LogP contribution in [0.15, 0.2) is 83.8 Å². The summed E-state index contributed by atoms with van der Waals surface area (Å²) in [5.74, 6) is -0.965. The molecular formula is C29H34N4O6S. The molecule has 0 saturated carbocycles. The number of nitrogens with one attached hydrogen (secondary N) is 1. The first-order chi connectivity index (χ1) is 18.9. The zero-order valence-electron chi connectivity index (χ0n) is 23.0. The molecule has 0 saturated heterocycles. The molecule has 0 bridgehead atoms. The van der Waals surface area contributed by atoms with E-state index in [1.165, 1.54) is 41.3 Å². The Morgan fingerprint density at radius 3 is 2.10 bits per heavy atom. The monoisotopic (exact) mass is 566 g/mol. The number of nitro groups is 1. The van der Waals surface area contributed by atoms with Crippen LogP contribution in [0, 0.1) is 17.0 Å². The van der Waals surface area contributed by atoms with E-state index in [4.69, 9.17) is 0 Å². The van der Waals surface area contributed by atoms with Crippen molar-refractivity contribution < 1.29 is 22.9 Å². The highest BCUT2D eigenvalue weighted by molar-refractivity contribution is 7.92. The number of nitrogens with zero attached hydrogens (tertiary/aromatic N) is 3. The molecule has 0 aliphatic heterocycles. The summed E-state index contributed by atoms with van der Waals surface area (Å²) in [7, 11) is -4.25. The van der Waals surface area contributed by atoms with Gasteiger partial charge < -0.3 is 10.2 Å². The number of nitro benzene ring substituents is 1. The average Bonchev–Trinajstić information content (AvgIpc) is 2.95. The maximum Gasteiger partial charge on any atom is 0.269 e. The molecule has 212 valence electrons. The summed E-state index contributed by atoms with van der Waals surface area (Å²) in [6.07, 6.45) is 0.702. The van der Waals surface area contributed by atoms with Gasteiger partial charge in [0.05, 0.1) is 15.5 Å². The molecule has 0 aliphatic carbocycles. The van der Waals surface area contributed by atoms with Crippen LogP contribution < -0.4 is 9.62 Å². The largest absolute Gasteiger partial charge is 0.352 e. The van der Waals surface area contributed by atoms with Crippen LogP contribution in [0.25, 0.3) is 0 Å². The maximum atomic E-state index is 13.9. The van der Waals surface area contributed by atoms with Gasteiger partial charge in [0.25, 0.3) is 15.7 Å². The smallest absolute Gasteiger partial charge is 0.269 e. The van der Waals surface area contributed by atoms with Gasteiger partial charge in [-0.1, -0.05) is 55.0 Å². The van der Waals surface area contributed by atoms with E-state index in [1.807, 2.05) is 45.0 Å². The second kappa shape index (κ2) is 13.2. The van der Waals surface area contributed by atoms with Crippen LogP contribution in [0.2, 0.25) is 0 Å². The fourth-order valence-electron chi connectivity index (χ4n) is 3.93. The van der Waals surface area contributed by atoms with E-state index >= 15 is 0 Å². The molecule has 2 atom stereocenters. The molecule has 0 aliphatic rings. The number of aryl methyl sites for hydroxylation is 1. The van der Waals surface area contributed by atoms with Crippen molar-refractivity contribution in [1.82, 2.24) is 10.2 Å². The average molecular weight is 567 g/mol. The van der Waals surface area contributed by atoms with Gasteiger partial charge in [0, 0.05) is 24.7 Å². The van der Waals surface area contributed by atoms with E-state index in [0.717, 1.165) is 15.4 Å². The number of hydrogen-bond donors (Lipinski definition) is 1.